The molecule has 1 aliphatic rings. The Kier molecular flexibility index (Phi) is 6.68. The van der Waals surface area contributed by atoms with Gasteiger partial charge in [-0.1, -0.05) is 13.0 Å². The number of carbonyl (C=O) groups excluding carboxylic acids is 1. The largest absolute Gasteiger partial charge is 0.354 e. The number of hydrogen-bond donors (Lipinski definition) is 2. The molecule has 1 aromatic heterocycles. The lowest BCUT2D eigenvalue weighted by Gasteiger charge is -2.14. The van der Waals surface area contributed by atoms with E-state index in [1.807, 2.05) is 0 Å². The molecule has 18 heavy (non-hydrogen) atoms. The van der Waals surface area contributed by atoms with Gasteiger partial charge in [-0.3, -0.25) is 4.79 Å². The maximum absolute atomic E-state index is 11.8. The third kappa shape index (κ3) is 4.59. The summed E-state index contributed by atoms with van der Waals surface area (Å²) in [7, 11) is 0. The van der Waals surface area contributed by atoms with Crippen LogP contribution in [0.25, 0.3) is 0 Å². The van der Waals surface area contributed by atoms with E-state index in [0.29, 0.717) is 5.92 Å². The van der Waals surface area contributed by atoms with Gasteiger partial charge in [0.15, 0.2) is 0 Å². The Hall–Kier alpha value is -0.580. The molecule has 1 aromatic rings. The van der Waals surface area contributed by atoms with Crippen LogP contribution < -0.4 is 10.6 Å². The Morgan fingerprint density at radius 3 is 3.11 bits per heavy atom. The second kappa shape index (κ2) is 7.77. The molecular weight excluding hydrogens is 268 g/mol. The average Bonchev–Trinajstić information content (AvgIpc) is 2.97. The van der Waals surface area contributed by atoms with E-state index in [2.05, 4.69) is 35.1 Å². The van der Waals surface area contributed by atoms with Crippen LogP contribution in [0.1, 0.15) is 24.6 Å². The summed E-state index contributed by atoms with van der Waals surface area (Å²) in [5.74, 6) is 0.666. The molecule has 102 valence electrons. The summed E-state index contributed by atoms with van der Waals surface area (Å²) in [6.45, 7) is 3.93. The fourth-order valence-electron chi connectivity index (χ4n) is 2.15. The third-order valence-electron chi connectivity index (χ3n) is 3.13. The summed E-state index contributed by atoms with van der Waals surface area (Å²) in [4.78, 5) is 13.2. The van der Waals surface area contributed by atoms with Crippen molar-refractivity contribution in [3.05, 3.63) is 22.4 Å². The first-order valence-electron chi connectivity index (χ1n) is 6.29. The van der Waals surface area contributed by atoms with Crippen molar-refractivity contribution in [1.29, 1.82) is 0 Å². The molecule has 2 heterocycles. The minimum Gasteiger partial charge on any atom is -0.354 e. The van der Waals surface area contributed by atoms with E-state index in [0.717, 1.165) is 32.4 Å². The summed E-state index contributed by atoms with van der Waals surface area (Å²) in [5, 5.41) is 8.36. The zero-order valence-corrected chi connectivity index (χ0v) is 12.3. The van der Waals surface area contributed by atoms with E-state index in [9.17, 15) is 4.79 Å². The Bertz CT molecular complexity index is 350. The Morgan fingerprint density at radius 2 is 2.50 bits per heavy atom. The quantitative estimate of drug-likeness (QED) is 0.872. The zero-order chi connectivity index (χ0) is 12.1. The van der Waals surface area contributed by atoms with Gasteiger partial charge in [0.25, 0.3) is 0 Å². The number of hydrogen-bond acceptors (Lipinski definition) is 3. The predicted molar refractivity (Wildman–Crippen MR) is 78.5 cm³/mol. The summed E-state index contributed by atoms with van der Waals surface area (Å²) >= 11 is 1.79. The van der Waals surface area contributed by atoms with Crippen LogP contribution in [-0.4, -0.2) is 25.0 Å². The first-order valence-corrected chi connectivity index (χ1v) is 7.17. The lowest BCUT2D eigenvalue weighted by atomic mass is 10.1. The highest BCUT2D eigenvalue weighted by Gasteiger charge is 2.21. The summed E-state index contributed by atoms with van der Waals surface area (Å²) in [6.07, 6.45) is 3.14. The van der Waals surface area contributed by atoms with Gasteiger partial charge < -0.3 is 10.6 Å². The van der Waals surface area contributed by atoms with E-state index in [-0.39, 0.29) is 24.4 Å². The van der Waals surface area contributed by atoms with Crippen molar-refractivity contribution in [1.82, 2.24) is 10.6 Å². The van der Waals surface area contributed by atoms with Crippen LogP contribution in [0.15, 0.2) is 17.5 Å². The van der Waals surface area contributed by atoms with Crippen molar-refractivity contribution >= 4 is 29.7 Å². The number of nitrogens with one attached hydrogen (secondary N) is 2. The molecule has 0 aliphatic carbocycles. The van der Waals surface area contributed by atoms with Gasteiger partial charge in [-0.05, 0) is 43.2 Å². The van der Waals surface area contributed by atoms with E-state index >= 15 is 0 Å². The molecule has 2 N–H and O–H groups in total. The second-order valence-corrected chi connectivity index (χ2v) is 5.81. The Morgan fingerprint density at radius 1 is 1.67 bits per heavy atom. The molecule has 2 unspecified atom stereocenters. The number of amides is 1. The van der Waals surface area contributed by atoms with Crippen LogP contribution in [0.4, 0.5) is 0 Å². The van der Waals surface area contributed by atoms with Crippen molar-refractivity contribution in [2.24, 2.45) is 5.92 Å². The van der Waals surface area contributed by atoms with E-state index < -0.39 is 0 Å². The molecule has 1 fully saturated rings. The lowest BCUT2D eigenvalue weighted by molar-refractivity contribution is -0.122. The average molecular weight is 289 g/mol. The maximum Gasteiger partial charge on any atom is 0.237 e. The van der Waals surface area contributed by atoms with Crippen molar-refractivity contribution in [2.75, 3.05) is 13.1 Å². The standard InChI is InChI=1S/C13H20N2OS.ClH/c1-10(8-11-4-3-7-17-11)9-15-13(16)12-5-2-6-14-12;/h3-4,7,10,12,14H,2,5-6,8-9H2,1H3,(H,15,16);1H. The summed E-state index contributed by atoms with van der Waals surface area (Å²) in [6, 6.07) is 4.28. The molecule has 5 heteroatoms. The lowest BCUT2D eigenvalue weighted by Crippen LogP contribution is -2.42. The van der Waals surface area contributed by atoms with Gasteiger partial charge in [0.1, 0.15) is 0 Å². The van der Waals surface area contributed by atoms with E-state index in [1.54, 1.807) is 11.3 Å². The highest BCUT2D eigenvalue weighted by Crippen LogP contribution is 2.14. The van der Waals surface area contributed by atoms with Gasteiger partial charge >= 0.3 is 0 Å². The molecule has 0 saturated carbocycles. The second-order valence-electron chi connectivity index (χ2n) is 4.78. The van der Waals surface area contributed by atoms with E-state index in [1.165, 1.54) is 4.88 Å². The highest BCUT2D eigenvalue weighted by molar-refractivity contribution is 7.09. The highest BCUT2D eigenvalue weighted by atomic mass is 35.5. The monoisotopic (exact) mass is 288 g/mol. The molecular formula is C13H21ClN2OS. The van der Waals surface area contributed by atoms with Crippen LogP contribution >= 0.6 is 23.7 Å². The van der Waals surface area contributed by atoms with Gasteiger partial charge in [0.2, 0.25) is 5.91 Å². The number of carbonyl (C=O) groups is 1. The topological polar surface area (TPSA) is 41.1 Å². The zero-order valence-electron chi connectivity index (χ0n) is 10.6. The molecule has 1 aliphatic heterocycles. The Labute approximate surface area is 119 Å². The van der Waals surface area contributed by atoms with Crippen LogP contribution in [-0.2, 0) is 11.2 Å². The molecule has 0 bridgehead atoms. The number of thiophene rings is 1. The third-order valence-corrected chi connectivity index (χ3v) is 4.03. The number of halogens is 1. The molecule has 3 nitrogen and oxygen atoms in total. The first kappa shape index (κ1) is 15.5. The number of rotatable bonds is 5. The SMILES string of the molecule is CC(CNC(=O)C1CCCN1)Cc1cccs1.Cl. The maximum atomic E-state index is 11.8. The molecule has 2 rings (SSSR count). The normalized spacial score (nSPS) is 20.2. The van der Waals surface area contributed by atoms with Gasteiger partial charge in [-0.15, -0.1) is 23.7 Å². The summed E-state index contributed by atoms with van der Waals surface area (Å²) < 4.78 is 0. The molecule has 0 spiro atoms. The predicted octanol–water partition coefficient (Wildman–Crippen LogP) is 2.22. The first-order chi connectivity index (χ1) is 8.25. The van der Waals surface area contributed by atoms with Crippen molar-refractivity contribution < 1.29 is 4.79 Å². The van der Waals surface area contributed by atoms with Crippen LogP contribution in [0.5, 0.6) is 0 Å². The molecule has 1 amide bonds. The van der Waals surface area contributed by atoms with Gasteiger partial charge in [0.05, 0.1) is 6.04 Å². The molecule has 0 aromatic carbocycles. The smallest absolute Gasteiger partial charge is 0.237 e. The molecule has 2 atom stereocenters. The Balaban J connectivity index is 0.00000162. The van der Waals surface area contributed by atoms with Crippen LogP contribution in [0.2, 0.25) is 0 Å². The fourth-order valence-corrected chi connectivity index (χ4v) is 3.02. The fraction of sp³-hybridized carbons (Fsp3) is 0.615. The van der Waals surface area contributed by atoms with Crippen LogP contribution in [0, 0.1) is 5.92 Å². The van der Waals surface area contributed by atoms with Crippen molar-refractivity contribution in [3.8, 4) is 0 Å². The summed E-state index contributed by atoms with van der Waals surface area (Å²) in [5.41, 5.74) is 0. The van der Waals surface area contributed by atoms with Crippen molar-refractivity contribution in [3.63, 3.8) is 0 Å². The van der Waals surface area contributed by atoms with Gasteiger partial charge in [-0.25, -0.2) is 0 Å². The minimum atomic E-state index is 0. The van der Waals surface area contributed by atoms with Gasteiger partial charge in [-0.2, -0.15) is 0 Å². The minimum absolute atomic E-state index is 0. The van der Waals surface area contributed by atoms with E-state index in [4.69, 9.17) is 0 Å². The van der Waals surface area contributed by atoms with Crippen LogP contribution in [0.3, 0.4) is 0 Å². The van der Waals surface area contributed by atoms with Crippen molar-refractivity contribution in [2.45, 2.75) is 32.2 Å². The molecule has 1 saturated heterocycles. The molecule has 0 radical (unpaired) electrons. The van der Waals surface area contributed by atoms with Gasteiger partial charge in [0, 0.05) is 11.4 Å².